The molecule has 0 spiro atoms. The molecule has 0 amide bonds. The zero-order valence-electron chi connectivity index (χ0n) is 12.0. The van der Waals surface area contributed by atoms with Crippen molar-refractivity contribution in [3.05, 3.63) is 59.2 Å². The monoisotopic (exact) mass is 275 g/mol. The van der Waals surface area contributed by atoms with Crippen molar-refractivity contribution in [2.75, 3.05) is 5.73 Å². The molecule has 0 radical (unpaired) electrons. The summed E-state index contributed by atoms with van der Waals surface area (Å²) in [4.78, 5) is 0. The van der Waals surface area contributed by atoms with E-state index in [0.29, 0.717) is 0 Å². The SMILES string of the molecule is CCc1cc(-c2n[nH]c3c2Cc2ccccc2-3)ccc1N. The van der Waals surface area contributed by atoms with Crippen molar-refractivity contribution in [2.45, 2.75) is 19.8 Å². The summed E-state index contributed by atoms with van der Waals surface area (Å²) in [5.41, 5.74) is 15.3. The van der Waals surface area contributed by atoms with E-state index in [1.165, 1.54) is 22.3 Å². The van der Waals surface area contributed by atoms with E-state index in [-0.39, 0.29) is 0 Å². The third kappa shape index (κ3) is 1.77. The lowest BCUT2D eigenvalue weighted by Gasteiger charge is -2.06. The normalized spacial score (nSPS) is 12.2. The Labute approximate surface area is 123 Å². The lowest BCUT2D eigenvalue weighted by Crippen LogP contribution is -1.94. The van der Waals surface area contributed by atoms with Gasteiger partial charge in [0.1, 0.15) is 0 Å². The van der Waals surface area contributed by atoms with Crippen LogP contribution in [0.15, 0.2) is 42.5 Å². The van der Waals surface area contributed by atoms with Crippen molar-refractivity contribution in [2.24, 2.45) is 0 Å². The second-order valence-corrected chi connectivity index (χ2v) is 5.53. The minimum Gasteiger partial charge on any atom is -0.399 e. The third-order valence-corrected chi connectivity index (χ3v) is 4.32. The maximum absolute atomic E-state index is 6.01. The molecule has 1 aromatic heterocycles. The quantitative estimate of drug-likeness (QED) is 0.547. The smallest absolute Gasteiger partial charge is 0.0962 e. The van der Waals surface area contributed by atoms with Crippen LogP contribution in [0.5, 0.6) is 0 Å². The van der Waals surface area contributed by atoms with Crippen LogP contribution in [0.25, 0.3) is 22.5 Å². The van der Waals surface area contributed by atoms with Crippen molar-refractivity contribution in [3.63, 3.8) is 0 Å². The number of nitrogen functional groups attached to an aromatic ring is 1. The fraction of sp³-hybridized carbons (Fsp3) is 0.167. The number of aryl methyl sites for hydroxylation is 1. The summed E-state index contributed by atoms with van der Waals surface area (Å²) in [7, 11) is 0. The predicted octanol–water partition coefficient (Wildman–Crippen LogP) is 3.79. The molecule has 3 nitrogen and oxygen atoms in total. The third-order valence-electron chi connectivity index (χ3n) is 4.32. The van der Waals surface area contributed by atoms with Gasteiger partial charge in [-0.05, 0) is 29.7 Å². The molecule has 1 aliphatic rings. The molecule has 3 heteroatoms. The number of nitrogens with two attached hydrogens (primary N) is 1. The molecule has 0 saturated carbocycles. The predicted molar refractivity (Wildman–Crippen MR) is 86.1 cm³/mol. The first kappa shape index (κ1) is 12.2. The number of nitrogens with one attached hydrogen (secondary N) is 1. The molecule has 1 heterocycles. The topological polar surface area (TPSA) is 54.7 Å². The molecule has 0 aliphatic heterocycles. The Kier molecular flexibility index (Phi) is 2.61. The molecule has 0 bridgehead atoms. The molecule has 0 fully saturated rings. The number of hydrogen-bond donors (Lipinski definition) is 2. The number of H-pyrrole nitrogens is 1. The summed E-state index contributed by atoms with van der Waals surface area (Å²) in [6.07, 6.45) is 1.88. The van der Waals surface area contributed by atoms with E-state index in [1.807, 2.05) is 6.07 Å². The summed E-state index contributed by atoms with van der Waals surface area (Å²) >= 11 is 0. The van der Waals surface area contributed by atoms with Gasteiger partial charge in [0, 0.05) is 28.8 Å². The molecule has 104 valence electrons. The molecular formula is C18H17N3. The van der Waals surface area contributed by atoms with Gasteiger partial charge in [0.05, 0.1) is 11.4 Å². The fourth-order valence-electron chi connectivity index (χ4n) is 3.17. The van der Waals surface area contributed by atoms with Crippen LogP contribution in [0, 0.1) is 0 Å². The second kappa shape index (κ2) is 4.48. The number of hydrogen-bond acceptors (Lipinski definition) is 2. The van der Waals surface area contributed by atoms with E-state index in [9.17, 15) is 0 Å². The Bertz CT molecular complexity index is 830. The Hall–Kier alpha value is -2.55. The number of nitrogens with zero attached hydrogens (tertiary/aromatic N) is 1. The minimum absolute atomic E-state index is 0.858. The van der Waals surface area contributed by atoms with Gasteiger partial charge in [-0.1, -0.05) is 37.3 Å². The van der Waals surface area contributed by atoms with Gasteiger partial charge in [-0.3, -0.25) is 5.10 Å². The molecule has 3 aromatic rings. The highest BCUT2D eigenvalue weighted by Gasteiger charge is 2.24. The van der Waals surface area contributed by atoms with Crippen LogP contribution < -0.4 is 5.73 Å². The molecule has 21 heavy (non-hydrogen) atoms. The van der Waals surface area contributed by atoms with E-state index in [4.69, 9.17) is 5.73 Å². The van der Waals surface area contributed by atoms with E-state index in [2.05, 4.69) is 53.5 Å². The molecule has 4 rings (SSSR count). The van der Waals surface area contributed by atoms with Crippen molar-refractivity contribution < 1.29 is 0 Å². The average Bonchev–Trinajstić information content (AvgIpc) is 3.07. The van der Waals surface area contributed by atoms with Crippen LogP contribution >= 0.6 is 0 Å². The number of benzene rings is 2. The highest BCUT2D eigenvalue weighted by Crippen LogP contribution is 2.40. The van der Waals surface area contributed by atoms with Gasteiger partial charge in [0.25, 0.3) is 0 Å². The zero-order chi connectivity index (χ0) is 14.4. The van der Waals surface area contributed by atoms with Crippen molar-refractivity contribution >= 4 is 5.69 Å². The minimum atomic E-state index is 0.858. The summed E-state index contributed by atoms with van der Waals surface area (Å²) < 4.78 is 0. The number of aromatic nitrogens is 2. The Morgan fingerprint density at radius 1 is 1.19 bits per heavy atom. The number of anilines is 1. The Morgan fingerprint density at radius 3 is 2.90 bits per heavy atom. The second-order valence-electron chi connectivity index (χ2n) is 5.53. The lowest BCUT2D eigenvalue weighted by molar-refractivity contribution is 1.09. The largest absolute Gasteiger partial charge is 0.399 e. The van der Waals surface area contributed by atoms with Gasteiger partial charge in [-0.2, -0.15) is 5.10 Å². The van der Waals surface area contributed by atoms with E-state index in [0.717, 1.165) is 35.5 Å². The fourth-order valence-corrected chi connectivity index (χ4v) is 3.17. The molecule has 1 aliphatic carbocycles. The highest BCUT2D eigenvalue weighted by atomic mass is 15.1. The van der Waals surface area contributed by atoms with E-state index >= 15 is 0 Å². The molecule has 0 saturated heterocycles. The number of fused-ring (bicyclic) bond motifs is 3. The lowest BCUT2D eigenvalue weighted by atomic mass is 10.0. The first-order valence-electron chi connectivity index (χ1n) is 7.32. The van der Waals surface area contributed by atoms with Crippen LogP contribution in [0.4, 0.5) is 5.69 Å². The summed E-state index contributed by atoms with van der Waals surface area (Å²) in [5, 5.41) is 7.76. The first-order valence-corrected chi connectivity index (χ1v) is 7.32. The summed E-state index contributed by atoms with van der Waals surface area (Å²) in [6, 6.07) is 14.7. The maximum atomic E-state index is 6.01. The van der Waals surface area contributed by atoms with Gasteiger partial charge in [-0.25, -0.2) is 0 Å². The first-order chi connectivity index (χ1) is 10.3. The Morgan fingerprint density at radius 2 is 2.05 bits per heavy atom. The molecule has 3 N–H and O–H groups in total. The maximum Gasteiger partial charge on any atom is 0.0962 e. The van der Waals surface area contributed by atoms with Crippen LogP contribution in [0.3, 0.4) is 0 Å². The van der Waals surface area contributed by atoms with Gasteiger partial charge in [0.15, 0.2) is 0 Å². The Balaban J connectivity index is 1.85. The van der Waals surface area contributed by atoms with E-state index < -0.39 is 0 Å². The van der Waals surface area contributed by atoms with Crippen LogP contribution in [0.2, 0.25) is 0 Å². The molecule has 0 atom stereocenters. The van der Waals surface area contributed by atoms with Gasteiger partial charge in [-0.15, -0.1) is 0 Å². The van der Waals surface area contributed by atoms with Crippen molar-refractivity contribution in [1.29, 1.82) is 0 Å². The average molecular weight is 275 g/mol. The zero-order valence-corrected chi connectivity index (χ0v) is 12.0. The van der Waals surface area contributed by atoms with Gasteiger partial charge in [0.2, 0.25) is 0 Å². The van der Waals surface area contributed by atoms with E-state index in [1.54, 1.807) is 0 Å². The molecular weight excluding hydrogens is 258 g/mol. The summed E-state index contributed by atoms with van der Waals surface area (Å²) in [5.74, 6) is 0. The summed E-state index contributed by atoms with van der Waals surface area (Å²) in [6.45, 7) is 2.13. The standard InChI is InChI=1S/C18H17N3/c1-2-11-9-13(7-8-16(11)19)17-15-10-12-5-3-4-6-14(12)18(15)21-20-17/h3-9H,2,10,19H2,1H3,(H,20,21). The van der Waals surface area contributed by atoms with Crippen molar-refractivity contribution in [3.8, 4) is 22.5 Å². The molecule has 2 aromatic carbocycles. The van der Waals surface area contributed by atoms with Gasteiger partial charge >= 0.3 is 0 Å². The molecule has 0 unspecified atom stereocenters. The number of aromatic amines is 1. The van der Waals surface area contributed by atoms with Crippen LogP contribution in [0.1, 0.15) is 23.6 Å². The van der Waals surface area contributed by atoms with Crippen molar-refractivity contribution in [1.82, 2.24) is 10.2 Å². The van der Waals surface area contributed by atoms with Crippen LogP contribution in [-0.2, 0) is 12.8 Å². The van der Waals surface area contributed by atoms with Crippen LogP contribution in [-0.4, -0.2) is 10.2 Å². The van der Waals surface area contributed by atoms with Gasteiger partial charge < -0.3 is 5.73 Å². The number of rotatable bonds is 2. The highest BCUT2D eigenvalue weighted by molar-refractivity contribution is 5.81.